The fourth-order valence-corrected chi connectivity index (χ4v) is 2.40. The van der Waals surface area contributed by atoms with E-state index in [0.717, 1.165) is 37.8 Å². The van der Waals surface area contributed by atoms with E-state index in [9.17, 15) is 4.79 Å². The van der Waals surface area contributed by atoms with E-state index in [-0.39, 0.29) is 6.03 Å². The molecule has 0 heterocycles. The summed E-state index contributed by atoms with van der Waals surface area (Å²) in [5, 5.41) is 0. The van der Waals surface area contributed by atoms with Crippen LogP contribution in [0.25, 0.3) is 0 Å². The van der Waals surface area contributed by atoms with E-state index in [1.54, 1.807) is 0 Å². The van der Waals surface area contributed by atoms with Gasteiger partial charge in [0.1, 0.15) is 0 Å². The standard InChI is InChI=1S/C17H36N2O/c1-15(2)11-7-5-9-13-19(17(18)20)14-10-6-8-12-16(3)4/h15-16H,5-14H2,1-4H3,(H2,18,20). The fourth-order valence-electron chi connectivity index (χ4n) is 2.40. The first-order valence-electron chi connectivity index (χ1n) is 8.47. The fraction of sp³-hybridized carbons (Fsp3) is 0.941. The summed E-state index contributed by atoms with van der Waals surface area (Å²) in [7, 11) is 0. The SMILES string of the molecule is CC(C)CCCCCN(CCCCCC(C)C)C(N)=O. The molecule has 0 aliphatic carbocycles. The van der Waals surface area contributed by atoms with Crippen molar-refractivity contribution in [1.82, 2.24) is 4.90 Å². The Morgan fingerprint density at radius 2 is 1.20 bits per heavy atom. The summed E-state index contributed by atoms with van der Waals surface area (Å²) in [6.07, 6.45) is 9.67. The Bertz CT molecular complexity index is 221. The van der Waals surface area contributed by atoms with Gasteiger partial charge in [-0.05, 0) is 24.7 Å². The lowest BCUT2D eigenvalue weighted by Gasteiger charge is -2.20. The van der Waals surface area contributed by atoms with Gasteiger partial charge >= 0.3 is 6.03 Å². The summed E-state index contributed by atoms with van der Waals surface area (Å²) in [5.74, 6) is 1.56. The van der Waals surface area contributed by atoms with E-state index >= 15 is 0 Å². The lowest BCUT2D eigenvalue weighted by Crippen LogP contribution is -2.37. The normalized spacial score (nSPS) is 11.3. The van der Waals surface area contributed by atoms with Crippen molar-refractivity contribution in [3.8, 4) is 0 Å². The molecule has 0 aromatic carbocycles. The zero-order valence-electron chi connectivity index (χ0n) is 14.2. The summed E-state index contributed by atoms with van der Waals surface area (Å²) in [5.41, 5.74) is 5.45. The van der Waals surface area contributed by atoms with Crippen LogP contribution in [0.15, 0.2) is 0 Å². The average Bonchev–Trinajstić information content (AvgIpc) is 2.34. The monoisotopic (exact) mass is 284 g/mol. The molecule has 0 rings (SSSR count). The minimum atomic E-state index is -0.252. The number of primary amides is 1. The molecule has 2 amide bonds. The second-order valence-corrected chi connectivity index (χ2v) is 6.81. The molecule has 0 saturated carbocycles. The second-order valence-electron chi connectivity index (χ2n) is 6.81. The maximum absolute atomic E-state index is 11.4. The van der Waals surface area contributed by atoms with E-state index in [4.69, 9.17) is 5.73 Å². The zero-order chi connectivity index (χ0) is 15.4. The minimum absolute atomic E-state index is 0.252. The number of nitrogens with two attached hydrogens (primary N) is 1. The van der Waals surface area contributed by atoms with Gasteiger partial charge in [0.05, 0.1) is 0 Å². The molecule has 0 unspecified atom stereocenters. The van der Waals surface area contributed by atoms with Crippen molar-refractivity contribution in [1.29, 1.82) is 0 Å². The van der Waals surface area contributed by atoms with Crippen LogP contribution in [0.2, 0.25) is 0 Å². The van der Waals surface area contributed by atoms with Crippen molar-refractivity contribution in [2.45, 2.75) is 79.1 Å². The number of amides is 2. The Morgan fingerprint density at radius 1 is 0.800 bits per heavy atom. The van der Waals surface area contributed by atoms with Crippen molar-refractivity contribution >= 4 is 6.03 Å². The first-order valence-corrected chi connectivity index (χ1v) is 8.47. The van der Waals surface area contributed by atoms with Gasteiger partial charge in [-0.2, -0.15) is 0 Å². The summed E-state index contributed by atoms with van der Waals surface area (Å²) in [4.78, 5) is 13.2. The van der Waals surface area contributed by atoms with E-state index in [1.807, 2.05) is 4.90 Å². The van der Waals surface area contributed by atoms with E-state index in [2.05, 4.69) is 27.7 Å². The van der Waals surface area contributed by atoms with Gasteiger partial charge in [-0.15, -0.1) is 0 Å². The molecule has 120 valence electrons. The molecule has 0 atom stereocenters. The van der Waals surface area contributed by atoms with Gasteiger partial charge in [-0.1, -0.05) is 66.2 Å². The first-order chi connectivity index (χ1) is 9.43. The Hall–Kier alpha value is -0.730. The van der Waals surface area contributed by atoms with Crippen molar-refractivity contribution in [2.75, 3.05) is 13.1 Å². The molecule has 0 radical (unpaired) electrons. The van der Waals surface area contributed by atoms with Crippen LogP contribution in [0.5, 0.6) is 0 Å². The predicted molar refractivity (Wildman–Crippen MR) is 87.8 cm³/mol. The van der Waals surface area contributed by atoms with Gasteiger partial charge in [0, 0.05) is 13.1 Å². The Balaban J connectivity index is 3.64. The smallest absolute Gasteiger partial charge is 0.314 e. The third-order valence-electron chi connectivity index (χ3n) is 3.73. The van der Waals surface area contributed by atoms with Crippen LogP contribution in [0.3, 0.4) is 0 Å². The van der Waals surface area contributed by atoms with Gasteiger partial charge in [0.2, 0.25) is 0 Å². The Morgan fingerprint density at radius 3 is 1.50 bits per heavy atom. The molecule has 0 bridgehead atoms. The quantitative estimate of drug-likeness (QED) is 0.514. The molecular weight excluding hydrogens is 248 g/mol. The van der Waals surface area contributed by atoms with E-state index in [0.29, 0.717) is 0 Å². The molecule has 0 spiro atoms. The maximum atomic E-state index is 11.4. The molecule has 2 N–H and O–H groups in total. The molecule has 0 aliphatic rings. The minimum Gasteiger partial charge on any atom is -0.351 e. The number of hydrogen-bond donors (Lipinski definition) is 1. The molecule has 0 aromatic rings. The van der Waals surface area contributed by atoms with Crippen LogP contribution >= 0.6 is 0 Å². The molecule has 3 heteroatoms. The number of carbonyl (C=O) groups excluding carboxylic acids is 1. The van der Waals surface area contributed by atoms with Crippen molar-refractivity contribution in [2.24, 2.45) is 17.6 Å². The number of urea groups is 1. The zero-order valence-corrected chi connectivity index (χ0v) is 14.2. The number of nitrogens with zero attached hydrogens (tertiary/aromatic N) is 1. The van der Waals surface area contributed by atoms with Gasteiger partial charge in [-0.3, -0.25) is 0 Å². The van der Waals surface area contributed by atoms with Crippen LogP contribution in [-0.4, -0.2) is 24.0 Å². The highest BCUT2D eigenvalue weighted by molar-refractivity contribution is 5.71. The third-order valence-corrected chi connectivity index (χ3v) is 3.73. The third kappa shape index (κ3) is 12.3. The van der Waals surface area contributed by atoms with Crippen molar-refractivity contribution in [3.05, 3.63) is 0 Å². The Kier molecular flexibility index (Phi) is 11.6. The number of unbranched alkanes of at least 4 members (excludes halogenated alkanes) is 4. The number of carbonyl (C=O) groups is 1. The lowest BCUT2D eigenvalue weighted by atomic mass is 10.0. The molecule has 3 nitrogen and oxygen atoms in total. The van der Waals surface area contributed by atoms with Crippen LogP contribution in [-0.2, 0) is 0 Å². The molecule has 0 saturated heterocycles. The van der Waals surface area contributed by atoms with Gasteiger partial charge < -0.3 is 10.6 Å². The summed E-state index contributed by atoms with van der Waals surface area (Å²) < 4.78 is 0. The largest absolute Gasteiger partial charge is 0.351 e. The van der Waals surface area contributed by atoms with Gasteiger partial charge in [0.25, 0.3) is 0 Å². The molecule has 0 aromatic heterocycles. The highest BCUT2D eigenvalue weighted by Crippen LogP contribution is 2.11. The Labute approximate surface area is 126 Å². The number of rotatable bonds is 12. The van der Waals surface area contributed by atoms with E-state index < -0.39 is 0 Å². The van der Waals surface area contributed by atoms with Gasteiger partial charge in [-0.25, -0.2) is 4.79 Å². The molecule has 0 aliphatic heterocycles. The lowest BCUT2D eigenvalue weighted by molar-refractivity contribution is 0.204. The van der Waals surface area contributed by atoms with Crippen LogP contribution in [0.4, 0.5) is 4.79 Å². The highest BCUT2D eigenvalue weighted by atomic mass is 16.2. The van der Waals surface area contributed by atoms with E-state index in [1.165, 1.54) is 38.5 Å². The van der Waals surface area contributed by atoms with Gasteiger partial charge in [0.15, 0.2) is 0 Å². The highest BCUT2D eigenvalue weighted by Gasteiger charge is 2.08. The average molecular weight is 284 g/mol. The van der Waals surface area contributed by atoms with Crippen LogP contribution in [0, 0.1) is 11.8 Å². The topological polar surface area (TPSA) is 46.3 Å². The van der Waals surface area contributed by atoms with Crippen LogP contribution < -0.4 is 5.73 Å². The first kappa shape index (κ1) is 19.3. The second kappa shape index (κ2) is 12.0. The van der Waals surface area contributed by atoms with Crippen molar-refractivity contribution in [3.63, 3.8) is 0 Å². The maximum Gasteiger partial charge on any atom is 0.314 e. The summed E-state index contributed by atoms with van der Waals surface area (Å²) >= 11 is 0. The van der Waals surface area contributed by atoms with Crippen molar-refractivity contribution < 1.29 is 4.79 Å². The van der Waals surface area contributed by atoms with Crippen LogP contribution in [0.1, 0.15) is 79.1 Å². The molecule has 20 heavy (non-hydrogen) atoms. The summed E-state index contributed by atoms with van der Waals surface area (Å²) in [6, 6.07) is -0.252. The number of hydrogen-bond acceptors (Lipinski definition) is 1. The molecule has 0 fully saturated rings. The predicted octanol–water partition coefficient (Wildman–Crippen LogP) is 4.80. The molecular formula is C17H36N2O. The summed E-state index contributed by atoms with van der Waals surface area (Å²) in [6.45, 7) is 10.7.